The van der Waals surface area contributed by atoms with Crippen LogP contribution in [0.25, 0.3) is 10.9 Å². The Bertz CT molecular complexity index is 1200. The highest BCUT2D eigenvalue weighted by atomic mass is 35.5. The van der Waals surface area contributed by atoms with Crippen LogP contribution in [-0.4, -0.2) is 25.5 Å². The second-order valence-electron chi connectivity index (χ2n) is 9.61. The molecule has 2 N–H and O–H groups in total. The first kappa shape index (κ1) is 23.0. The Hall–Kier alpha value is -2.15. The fourth-order valence-corrected chi connectivity index (χ4v) is 5.72. The highest BCUT2D eigenvalue weighted by molar-refractivity contribution is 7.89. The van der Waals surface area contributed by atoms with E-state index < -0.39 is 10.0 Å². The molecule has 0 atom stereocenters. The lowest BCUT2D eigenvalue weighted by molar-refractivity contribution is 0.387. The van der Waals surface area contributed by atoms with E-state index >= 15 is 0 Å². The number of halogens is 1. The summed E-state index contributed by atoms with van der Waals surface area (Å²) in [5.74, 6) is 0. The number of nitrogens with one attached hydrogen (secondary N) is 2. The van der Waals surface area contributed by atoms with Gasteiger partial charge in [-0.05, 0) is 73.1 Å². The zero-order chi connectivity index (χ0) is 22.9. The Kier molecular flexibility index (Phi) is 6.48. The minimum atomic E-state index is -3.52. The van der Waals surface area contributed by atoms with E-state index in [1.165, 1.54) is 0 Å². The van der Waals surface area contributed by atoms with Crippen LogP contribution >= 0.6 is 11.6 Å². The lowest BCUT2D eigenvalue weighted by atomic mass is 9.87. The second-order valence-corrected chi connectivity index (χ2v) is 11.8. The number of nitrogens with zero attached hydrogens (tertiary/aromatic N) is 1. The summed E-state index contributed by atoms with van der Waals surface area (Å²) in [6.07, 6.45) is 5.17. The van der Waals surface area contributed by atoms with Gasteiger partial charge in [0.25, 0.3) is 0 Å². The Morgan fingerprint density at radius 2 is 1.59 bits per heavy atom. The van der Waals surface area contributed by atoms with Crippen molar-refractivity contribution >= 4 is 38.2 Å². The standard InChI is InChI=1S/C25H30ClN3O2S/c1-25(2,3)17-4-11-21(12-5-17)32(30,31)29-20-9-7-19(8-10-20)28-23-14-15-27-24-16-18(26)6-13-22(23)24/h4-6,11-16,19-20,29H,7-10H2,1-3H3,(H,27,28). The molecule has 0 saturated heterocycles. The van der Waals surface area contributed by atoms with Gasteiger partial charge in [-0.15, -0.1) is 0 Å². The molecule has 3 aromatic rings. The molecule has 0 radical (unpaired) electrons. The van der Waals surface area contributed by atoms with E-state index in [4.69, 9.17) is 11.6 Å². The SMILES string of the molecule is CC(C)(C)c1ccc(S(=O)(=O)NC2CCC(Nc3ccnc4cc(Cl)ccc34)CC2)cc1. The zero-order valence-corrected chi connectivity index (χ0v) is 20.3. The van der Waals surface area contributed by atoms with E-state index in [1.807, 2.05) is 36.4 Å². The van der Waals surface area contributed by atoms with Crippen molar-refractivity contribution in [3.63, 3.8) is 0 Å². The zero-order valence-electron chi connectivity index (χ0n) is 18.7. The summed E-state index contributed by atoms with van der Waals surface area (Å²) in [5, 5.41) is 5.33. The molecule has 170 valence electrons. The summed E-state index contributed by atoms with van der Waals surface area (Å²) >= 11 is 6.09. The van der Waals surface area contributed by atoms with Crippen LogP contribution in [0.1, 0.15) is 52.0 Å². The molecule has 7 heteroatoms. The molecule has 4 rings (SSSR count). The second kappa shape index (κ2) is 9.00. The predicted molar refractivity (Wildman–Crippen MR) is 132 cm³/mol. The van der Waals surface area contributed by atoms with Crippen LogP contribution in [0.3, 0.4) is 0 Å². The molecule has 1 heterocycles. The molecular formula is C25H30ClN3O2S. The highest BCUT2D eigenvalue weighted by Gasteiger charge is 2.26. The molecule has 0 unspecified atom stereocenters. The molecule has 1 saturated carbocycles. The van der Waals surface area contributed by atoms with Crippen LogP contribution in [0.2, 0.25) is 5.02 Å². The summed E-state index contributed by atoms with van der Waals surface area (Å²) in [5.41, 5.74) is 3.01. The number of pyridine rings is 1. The third-order valence-corrected chi connectivity index (χ3v) is 7.92. The van der Waals surface area contributed by atoms with Crippen molar-refractivity contribution in [2.75, 3.05) is 5.32 Å². The summed E-state index contributed by atoms with van der Waals surface area (Å²) in [6, 6.07) is 15.2. The number of rotatable bonds is 5. The fraction of sp³-hybridized carbons (Fsp3) is 0.400. The first-order valence-corrected chi connectivity index (χ1v) is 12.9. The van der Waals surface area contributed by atoms with E-state index in [0.717, 1.165) is 47.8 Å². The molecule has 0 spiro atoms. The van der Waals surface area contributed by atoms with Gasteiger partial charge < -0.3 is 5.32 Å². The minimum Gasteiger partial charge on any atom is -0.382 e. The Morgan fingerprint density at radius 3 is 2.25 bits per heavy atom. The molecule has 1 aliphatic carbocycles. The minimum absolute atomic E-state index is 0.00644. The lowest BCUT2D eigenvalue weighted by Crippen LogP contribution is -2.40. The summed E-state index contributed by atoms with van der Waals surface area (Å²) in [4.78, 5) is 4.72. The number of hydrogen-bond donors (Lipinski definition) is 2. The van der Waals surface area contributed by atoms with Gasteiger partial charge in [0.15, 0.2) is 0 Å². The molecule has 32 heavy (non-hydrogen) atoms. The Labute approximate surface area is 195 Å². The van der Waals surface area contributed by atoms with Gasteiger partial charge in [-0.2, -0.15) is 0 Å². The van der Waals surface area contributed by atoms with Crippen molar-refractivity contribution in [2.45, 2.75) is 68.8 Å². The van der Waals surface area contributed by atoms with Crippen LogP contribution in [0.4, 0.5) is 5.69 Å². The van der Waals surface area contributed by atoms with Crippen LogP contribution < -0.4 is 10.0 Å². The van der Waals surface area contributed by atoms with Crippen LogP contribution in [-0.2, 0) is 15.4 Å². The van der Waals surface area contributed by atoms with E-state index in [9.17, 15) is 8.42 Å². The fourth-order valence-electron chi connectivity index (χ4n) is 4.24. The number of fused-ring (bicyclic) bond motifs is 1. The Morgan fingerprint density at radius 1 is 0.938 bits per heavy atom. The van der Waals surface area contributed by atoms with Crippen LogP contribution in [0.5, 0.6) is 0 Å². The molecule has 1 fully saturated rings. The van der Waals surface area contributed by atoms with Crippen molar-refractivity contribution in [1.29, 1.82) is 0 Å². The smallest absolute Gasteiger partial charge is 0.240 e. The molecule has 2 aromatic carbocycles. The number of benzene rings is 2. The van der Waals surface area contributed by atoms with E-state index in [0.29, 0.717) is 16.0 Å². The van der Waals surface area contributed by atoms with Crippen molar-refractivity contribution < 1.29 is 8.42 Å². The molecule has 0 aliphatic heterocycles. The van der Waals surface area contributed by atoms with Gasteiger partial charge in [0, 0.05) is 34.4 Å². The molecule has 5 nitrogen and oxygen atoms in total. The first-order valence-electron chi connectivity index (χ1n) is 11.1. The molecule has 0 amide bonds. The highest BCUT2D eigenvalue weighted by Crippen LogP contribution is 2.29. The number of hydrogen-bond acceptors (Lipinski definition) is 4. The van der Waals surface area contributed by atoms with Crippen LogP contribution in [0, 0.1) is 0 Å². The quantitative estimate of drug-likeness (QED) is 0.486. The van der Waals surface area contributed by atoms with Gasteiger partial charge >= 0.3 is 0 Å². The monoisotopic (exact) mass is 471 g/mol. The van der Waals surface area contributed by atoms with Gasteiger partial charge in [-0.3, -0.25) is 4.98 Å². The van der Waals surface area contributed by atoms with Gasteiger partial charge in [-0.25, -0.2) is 13.1 Å². The van der Waals surface area contributed by atoms with Gasteiger partial charge in [0.05, 0.1) is 10.4 Å². The maximum atomic E-state index is 12.9. The average Bonchev–Trinajstić information content (AvgIpc) is 2.74. The van der Waals surface area contributed by atoms with Crippen molar-refractivity contribution in [2.24, 2.45) is 0 Å². The normalized spacial score (nSPS) is 19.8. The van der Waals surface area contributed by atoms with Crippen molar-refractivity contribution in [3.05, 3.63) is 65.3 Å². The van der Waals surface area contributed by atoms with Crippen molar-refractivity contribution in [1.82, 2.24) is 9.71 Å². The Balaban J connectivity index is 1.37. The largest absolute Gasteiger partial charge is 0.382 e. The summed E-state index contributed by atoms with van der Waals surface area (Å²) in [7, 11) is -3.52. The first-order chi connectivity index (χ1) is 15.1. The van der Waals surface area contributed by atoms with E-state index in [-0.39, 0.29) is 11.5 Å². The van der Waals surface area contributed by atoms with Gasteiger partial charge in [0.2, 0.25) is 10.0 Å². The van der Waals surface area contributed by atoms with Gasteiger partial charge in [0.1, 0.15) is 0 Å². The maximum absolute atomic E-state index is 12.9. The number of anilines is 1. The maximum Gasteiger partial charge on any atom is 0.240 e. The van der Waals surface area contributed by atoms with Crippen LogP contribution in [0.15, 0.2) is 59.6 Å². The predicted octanol–water partition coefficient (Wildman–Crippen LogP) is 5.89. The molecule has 1 aliphatic rings. The topological polar surface area (TPSA) is 71.1 Å². The molecular weight excluding hydrogens is 442 g/mol. The van der Waals surface area contributed by atoms with E-state index in [2.05, 4.69) is 35.8 Å². The average molecular weight is 472 g/mol. The number of aromatic nitrogens is 1. The third kappa shape index (κ3) is 5.25. The number of sulfonamides is 1. The third-order valence-electron chi connectivity index (χ3n) is 6.14. The van der Waals surface area contributed by atoms with Gasteiger partial charge in [-0.1, -0.05) is 44.5 Å². The molecule has 0 bridgehead atoms. The summed E-state index contributed by atoms with van der Waals surface area (Å²) < 4.78 is 28.6. The lowest BCUT2D eigenvalue weighted by Gasteiger charge is -2.30. The summed E-state index contributed by atoms with van der Waals surface area (Å²) in [6.45, 7) is 6.35. The molecule has 1 aromatic heterocycles. The van der Waals surface area contributed by atoms with E-state index in [1.54, 1.807) is 18.3 Å². The van der Waals surface area contributed by atoms with Crippen molar-refractivity contribution in [3.8, 4) is 0 Å².